The van der Waals surface area contributed by atoms with E-state index in [-0.39, 0.29) is 18.2 Å². The normalized spacial score (nSPS) is 13.3. The van der Waals surface area contributed by atoms with Gasteiger partial charge in [0.25, 0.3) is 0 Å². The molecule has 0 aliphatic carbocycles. The maximum Gasteiger partial charge on any atom is 0.326 e. The highest BCUT2D eigenvalue weighted by Gasteiger charge is 2.25. The molecule has 1 aromatic carbocycles. The molecular formula is C15H20ClNO4. The zero-order chi connectivity index (χ0) is 16.0. The largest absolute Gasteiger partial charge is 0.496 e. The second-order valence-electron chi connectivity index (χ2n) is 4.90. The van der Waals surface area contributed by atoms with Crippen LogP contribution in [0, 0.1) is 5.92 Å². The van der Waals surface area contributed by atoms with E-state index in [2.05, 4.69) is 5.32 Å². The number of carbonyl (C=O) groups is 2. The van der Waals surface area contributed by atoms with Crippen LogP contribution in [0.5, 0.6) is 5.75 Å². The van der Waals surface area contributed by atoms with Crippen LogP contribution in [0.2, 0.25) is 5.02 Å². The first-order valence-corrected chi connectivity index (χ1v) is 7.11. The summed E-state index contributed by atoms with van der Waals surface area (Å²) >= 11 is 5.86. The van der Waals surface area contributed by atoms with E-state index >= 15 is 0 Å². The molecule has 0 aliphatic heterocycles. The van der Waals surface area contributed by atoms with E-state index in [4.69, 9.17) is 16.3 Å². The van der Waals surface area contributed by atoms with Crippen LogP contribution in [-0.4, -0.2) is 30.1 Å². The van der Waals surface area contributed by atoms with Gasteiger partial charge in [-0.2, -0.15) is 0 Å². The average Bonchev–Trinajstić information content (AvgIpc) is 2.45. The van der Waals surface area contributed by atoms with Gasteiger partial charge in [-0.05, 0) is 18.1 Å². The predicted molar refractivity (Wildman–Crippen MR) is 80.7 cm³/mol. The summed E-state index contributed by atoms with van der Waals surface area (Å²) in [7, 11) is 1.49. The van der Waals surface area contributed by atoms with Gasteiger partial charge in [0.15, 0.2) is 0 Å². The van der Waals surface area contributed by atoms with Crippen LogP contribution in [0.25, 0.3) is 0 Å². The second kappa shape index (κ2) is 7.88. The number of ether oxygens (including phenoxy) is 1. The van der Waals surface area contributed by atoms with Crippen molar-refractivity contribution in [2.24, 2.45) is 5.92 Å². The van der Waals surface area contributed by atoms with E-state index in [1.54, 1.807) is 25.1 Å². The molecule has 0 saturated carbocycles. The van der Waals surface area contributed by atoms with E-state index in [0.717, 1.165) is 0 Å². The highest BCUT2D eigenvalue weighted by atomic mass is 35.5. The molecule has 1 amide bonds. The van der Waals surface area contributed by atoms with E-state index in [9.17, 15) is 14.7 Å². The number of amides is 1. The number of carboxylic acids is 1. The van der Waals surface area contributed by atoms with Crippen molar-refractivity contribution in [3.05, 3.63) is 28.8 Å². The molecule has 0 aromatic heterocycles. The third-order valence-electron chi connectivity index (χ3n) is 3.40. The lowest BCUT2D eigenvalue weighted by molar-refractivity contribution is -0.143. The van der Waals surface area contributed by atoms with Gasteiger partial charge in [0.05, 0.1) is 13.5 Å². The molecule has 0 fully saturated rings. The first-order chi connectivity index (χ1) is 9.88. The molecule has 0 heterocycles. The molecule has 116 valence electrons. The topological polar surface area (TPSA) is 75.6 Å². The fraction of sp³-hybridized carbons (Fsp3) is 0.467. The van der Waals surface area contributed by atoms with Crippen molar-refractivity contribution in [3.63, 3.8) is 0 Å². The van der Waals surface area contributed by atoms with Gasteiger partial charge in [-0.25, -0.2) is 4.79 Å². The first kappa shape index (κ1) is 17.3. The molecule has 5 nitrogen and oxygen atoms in total. The molecule has 0 bridgehead atoms. The summed E-state index contributed by atoms with van der Waals surface area (Å²) in [5.41, 5.74) is 0.660. The molecule has 0 saturated heterocycles. The molecule has 0 spiro atoms. The van der Waals surface area contributed by atoms with Gasteiger partial charge >= 0.3 is 5.97 Å². The molecule has 21 heavy (non-hydrogen) atoms. The van der Waals surface area contributed by atoms with Crippen molar-refractivity contribution in [1.82, 2.24) is 5.32 Å². The minimum Gasteiger partial charge on any atom is -0.496 e. The van der Waals surface area contributed by atoms with Crippen LogP contribution in [0.4, 0.5) is 0 Å². The number of halogens is 1. The van der Waals surface area contributed by atoms with Crippen molar-refractivity contribution < 1.29 is 19.4 Å². The number of rotatable bonds is 7. The Kier molecular flexibility index (Phi) is 6.49. The summed E-state index contributed by atoms with van der Waals surface area (Å²) in [6.45, 7) is 3.68. The smallest absolute Gasteiger partial charge is 0.326 e. The highest BCUT2D eigenvalue weighted by molar-refractivity contribution is 6.30. The van der Waals surface area contributed by atoms with Crippen LogP contribution >= 0.6 is 11.6 Å². The van der Waals surface area contributed by atoms with Crippen LogP contribution in [0.1, 0.15) is 25.8 Å². The Morgan fingerprint density at radius 2 is 2.10 bits per heavy atom. The van der Waals surface area contributed by atoms with E-state index in [0.29, 0.717) is 22.8 Å². The highest BCUT2D eigenvalue weighted by Crippen LogP contribution is 2.23. The maximum absolute atomic E-state index is 12.0. The summed E-state index contributed by atoms with van der Waals surface area (Å²) < 4.78 is 5.17. The van der Waals surface area contributed by atoms with E-state index < -0.39 is 12.0 Å². The van der Waals surface area contributed by atoms with Crippen molar-refractivity contribution in [1.29, 1.82) is 0 Å². The van der Waals surface area contributed by atoms with Crippen LogP contribution in [0.3, 0.4) is 0 Å². The Balaban J connectivity index is 2.79. The van der Waals surface area contributed by atoms with E-state index in [1.165, 1.54) is 7.11 Å². The Bertz CT molecular complexity index is 518. The molecule has 0 aliphatic rings. The Morgan fingerprint density at radius 1 is 1.43 bits per heavy atom. The fourth-order valence-electron chi connectivity index (χ4n) is 1.94. The molecule has 1 rings (SSSR count). The molecule has 2 N–H and O–H groups in total. The summed E-state index contributed by atoms with van der Waals surface area (Å²) in [5, 5.41) is 12.2. The fourth-order valence-corrected chi connectivity index (χ4v) is 2.11. The van der Waals surface area contributed by atoms with E-state index in [1.807, 2.05) is 6.92 Å². The number of aliphatic carboxylic acids is 1. The van der Waals surface area contributed by atoms with Gasteiger partial charge in [0.2, 0.25) is 5.91 Å². The number of benzene rings is 1. The number of hydrogen-bond acceptors (Lipinski definition) is 3. The number of carboxylic acid groups (broad SMARTS) is 1. The lowest BCUT2D eigenvalue weighted by Crippen LogP contribution is -2.45. The lowest BCUT2D eigenvalue weighted by atomic mass is 9.99. The van der Waals surface area contributed by atoms with Gasteiger partial charge in [-0.15, -0.1) is 0 Å². The van der Waals surface area contributed by atoms with Crippen molar-refractivity contribution in [2.75, 3.05) is 7.11 Å². The number of hydrogen-bond donors (Lipinski definition) is 2. The Labute approximate surface area is 129 Å². The monoisotopic (exact) mass is 313 g/mol. The van der Waals surface area contributed by atoms with Gasteiger partial charge < -0.3 is 15.2 Å². The Hall–Kier alpha value is -1.75. The summed E-state index contributed by atoms with van der Waals surface area (Å²) in [5.74, 6) is -1.02. The Morgan fingerprint density at radius 3 is 2.62 bits per heavy atom. The minimum atomic E-state index is -1.03. The van der Waals surface area contributed by atoms with Gasteiger partial charge in [-0.3, -0.25) is 4.79 Å². The SMILES string of the molecule is CC[C@H](C)[C@H](NC(=O)Cc1ccc(Cl)cc1OC)C(=O)O. The molecule has 0 radical (unpaired) electrons. The number of methoxy groups -OCH3 is 1. The van der Waals surface area contributed by atoms with Crippen molar-refractivity contribution >= 4 is 23.5 Å². The van der Waals surface area contributed by atoms with Gasteiger partial charge in [0.1, 0.15) is 11.8 Å². The summed E-state index contributed by atoms with van der Waals surface area (Å²) in [4.78, 5) is 23.2. The van der Waals surface area contributed by atoms with Crippen molar-refractivity contribution in [3.8, 4) is 5.75 Å². The molecule has 1 aromatic rings. The van der Waals surface area contributed by atoms with Gasteiger partial charge in [-0.1, -0.05) is 37.9 Å². The zero-order valence-corrected chi connectivity index (χ0v) is 13.1. The third-order valence-corrected chi connectivity index (χ3v) is 3.63. The number of nitrogens with one attached hydrogen (secondary N) is 1. The van der Waals surface area contributed by atoms with Crippen molar-refractivity contribution in [2.45, 2.75) is 32.7 Å². The second-order valence-corrected chi connectivity index (χ2v) is 5.34. The predicted octanol–water partition coefficient (Wildman–Crippen LogP) is 2.51. The van der Waals surface area contributed by atoms with Crippen LogP contribution in [0.15, 0.2) is 18.2 Å². The summed E-state index contributed by atoms with van der Waals surface area (Å²) in [6.07, 6.45) is 0.710. The van der Waals surface area contributed by atoms with Crippen LogP contribution in [-0.2, 0) is 16.0 Å². The molecular weight excluding hydrogens is 294 g/mol. The average molecular weight is 314 g/mol. The maximum atomic E-state index is 12.0. The number of carbonyl (C=O) groups excluding carboxylic acids is 1. The first-order valence-electron chi connectivity index (χ1n) is 6.73. The van der Waals surface area contributed by atoms with Crippen LogP contribution < -0.4 is 10.1 Å². The molecule has 2 atom stereocenters. The third kappa shape index (κ3) is 4.93. The zero-order valence-electron chi connectivity index (χ0n) is 12.4. The minimum absolute atomic E-state index is 0.0422. The van der Waals surface area contributed by atoms with Gasteiger partial charge in [0, 0.05) is 10.6 Å². The molecule has 6 heteroatoms. The molecule has 0 unspecified atom stereocenters. The summed E-state index contributed by atoms with van der Waals surface area (Å²) in [6, 6.07) is 4.09. The quantitative estimate of drug-likeness (QED) is 0.811. The standard InChI is InChI=1S/C15H20ClNO4/c1-4-9(2)14(15(19)20)17-13(18)7-10-5-6-11(16)8-12(10)21-3/h5-6,8-9,14H,4,7H2,1-3H3,(H,17,18)(H,19,20)/t9-,14-/m0/s1. The lowest BCUT2D eigenvalue weighted by Gasteiger charge is -2.20.